The lowest BCUT2D eigenvalue weighted by atomic mass is 9.84. The first-order chi connectivity index (χ1) is 7.24. The molecule has 15 heavy (non-hydrogen) atoms. The zero-order valence-corrected chi connectivity index (χ0v) is 9.16. The molecular weight excluding hydrogens is 192 g/mol. The average molecular weight is 210 g/mol. The smallest absolute Gasteiger partial charge is 0.242 e. The molecule has 0 spiro atoms. The van der Waals surface area contributed by atoms with E-state index < -0.39 is 0 Å². The molecule has 1 saturated carbocycles. The van der Waals surface area contributed by atoms with E-state index in [-0.39, 0.29) is 23.8 Å². The van der Waals surface area contributed by atoms with Crippen LogP contribution in [0.1, 0.15) is 32.6 Å². The molecule has 4 nitrogen and oxygen atoms in total. The summed E-state index contributed by atoms with van der Waals surface area (Å²) in [5.74, 6) is 0.407. The fourth-order valence-corrected chi connectivity index (χ4v) is 2.27. The van der Waals surface area contributed by atoms with Crippen molar-refractivity contribution in [3.8, 4) is 0 Å². The molecule has 0 aromatic carbocycles. The second-order valence-electron chi connectivity index (χ2n) is 4.37. The number of hydrogen-bond acceptors (Lipinski definition) is 2. The number of rotatable bonds is 2. The van der Waals surface area contributed by atoms with Crippen molar-refractivity contribution in [2.75, 3.05) is 13.1 Å². The van der Waals surface area contributed by atoms with Crippen molar-refractivity contribution in [3.63, 3.8) is 0 Å². The number of carbonyl (C=O) groups excluding carboxylic acids is 2. The molecule has 1 atom stereocenters. The SMILES string of the molecule is CCC1C(=O)NCCN1C(=O)C1CCC1. The van der Waals surface area contributed by atoms with E-state index in [0.29, 0.717) is 19.5 Å². The van der Waals surface area contributed by atoms with Gasteiger partial charge in [0.15, 0.2) is 0 Å². The highest BCUT2D eigenvalue weighted by atomic mass is 16.2. The van der Waals surface area contributed by atoms with Gasteiger partial charge in [-0.3, -0.25) is 9.59 Å². The lowest BCUT2D eigenvalue weighted by Crippen LogP contribution is -2.58. The van der Waals surface area contributed by atoms with Crippen LogP contribution >= 0.6 is 0 Å². The third-order valence-electron chi connectivity index (χ3n) is 3.45. The molecule has 2 aliphatic rings. The van der Waals surface area contributed by atoms with Crippen LogP contribution in [0.5, 0.6) is 0 Å². The normalized spacial score (nSPS) is 27.1. The molecule has 1 heterocycles. The first-order valence-electron chi connectivity index (χ1n) is 5.82. The summed E-state index contributed by atoms with van der Waals surface area (Å²) in [6.07, 6.45) is 3.89. The van der Waals surface area contributed by atoms with Gasteiger partial charge in [0.1, 0.15) is 6.04 Å². The summed E-state index contributed by atoms with van der Waals surface area (Å²) in [7, 11) is 0. The van der Waals surface area contributed by atoms with E-state index in [1.165, 1.54) is 0 Å². The van der Waals surface area contributed by atoms with E-state index >= 15 is 0 Å². The highest BCUT2D eigenvalue weighted by Crippen LogP contribution is 2.29. The fraction of sp³-hybridized carbons (Fsp3) is 0.818. The quantitative estimate of drug-likeness (QED) is 0.722. The topological polar surface area (TPSA) is 49.4 Å². The third kappa shape index (κ3) is 1.85. The molecule has 2 fully saturated rings. The maximum absolute atomic E-state index is 12.0. The van der Waals surface area contributed by atoms with Crippen LogP contribution in [-0.2, 0) is 9.59 Å². The first kappa shape index (κ1) is 10.5. The number of nitrogens with zero attached hydrogens (tertiary/aromatic N) is 1. The Morgan fingerprint density at radius 3 is 2.80 bits per heavy atom. The Labute approximate surface area is 90.0 Å². The fourth-order valence-electron chi connectivity index (χ4n) is 2.27. The Balaban J connectivity index is 2.04. The van der Waals surface area contributed by atoms with Crippen LogP contribution < -0.4 is 5.32 Å². The van der Waals surface area contributed by atoms with E-state index in [9.17, 15) is 9.59 Å². The zero-order valence-electron chi connectivity index (χ0n) is 9.16. The summed E-state index contributed by atoms with van der Waals surface area (Å²) in [4.78, 5) is 25.4. The minimum Gasteiger partial charge on any atom is -0.353 e. The highest BCUT2D eigenvalue weighted by molar-refractivity contribution is 5.89. The molecule has 1 N–H and O–H groups in total. The molecule has 4 heteroatoms. The van der Waals surface area contributed by atoms with Crippen LogP contribution in [-0.4, -0.2) is 35.8 Å². The minimum atomic E-state index is -0.230. The monoisotopic (exact) mass is 210 g/mol. The van der Waals surface area contributed by atoms with Crippen LogP contribution in [0.15, 0.2) is 0 Å². The third-order valence-corrected chi connectivity index (χ3v) is 3.45. The molecule has 84 valence electrons. The van der Waals surface area contributed by atoms with Gasteiger partial charge in [0.2, 0.25) is 11.8 Å². The van der Waals surface area contributed by atoms with Gasteiger partial charge in [-0.05, 0) is 19.3 Å². The molecule has 0 aromatic rings. The van der Waals surface area contributed by atoms with Crippen LogP contribution in [0, 0.1) is 5.92 Å². The molecule has 1 saturated heterocycles. The lowest BCUT2D eigenvalue weighted by molar-refractivity contribution is -0.148. The predicted octanol–water partition coefficient (Wildman–Crippen LogP) is 0.523. The zero-order chi connectivity index (χ0) is 10.8. The highest BCUT2D eigenvalue weighted by Gasteiger charge is 2.36. The predicted molar refractivity (Wildman–Crippen MR) is 56.1 cm³/mol. The maximum Gasteiger partial charge on any atom is 0.242 e. The lowest BCUT2D eigenvalue weighted by Gasteiger charge is -2.38. The Hall–Kier alpha value is -1.06. The van der Waals surface area contributed by atoms with Crippen LogP contribution in [0.3, 0.4) is 0 Å². The minimum absolute atomic E-state index is 0.0106. The Kier molecular flexibility index (Phi) is 2.93. The van der Waals surface area contributed by atoms with Crippen molar-refractivity contribution in [2.24, 2.45) is 5.92 Å². The van der Waals surface area contributed by atoms with Gasteiger partial charge in [-0.25, -0.2) is 0 Å². The van der Waals surface area contributed by atoms with Crippen molar-refractivity contribution in [1.29, 1.82) is 0 Å². The van der Waals surface area contributed by atoms with Gasteiger partial charge < -0.3 is 10.2 Å². The van der Waals surface area contributed by atoms with Gasteiger partial charge in [-0.1, -0.05) is 13.3 Å². The second-order valence-corrected chi connectivity index (χ2v) is 4.37. The largest absolute Gasteiger partial charge is 0.353 e. The summed E-state index contributed by atoms with van der Waals surface area (Å²) in [6, 6.07) is -0.230. The van der Waals surface area contributed by atoms with Crippen molar-refractivity contribution in [3.05, 3.63) is 0 Å². The van der Waals surface area contributed by atoms with E-state index in [4.69, 9.17) is 0 Å². The van der Waals surface area contributed by atoms with Gasteiger partial charge in [-0.2, -0.15) is 0 Å². The number of piperazine rings is 1. The summed E-state index contributed by atoms with van der Waals surface area (Å²) >= 11 is 0. The van der Waals surface area contributed by atoms with Crippen LogP contribution in [0.25, 0.3) is 0 Å². The molecule has 2 amide bonds. The number of carbonyl (C=O) groups is 2. The van der Waals surface area contributed by atoms with Gasteiger partial charge in [0.05, 0.1) is 0 Å². The molecule has 0 bridgehead atoms. The van der Waals surface area contributed by atoms with Crippen molar-refractivity contribution in [1.82, 2.24) is 10.2 Å². The Bertz CT molecular complexity index is 274. The van der Waals surface area contributed by atoms with E-state index in [1.54, 1.807) is 4.90 Å². The maximum atomic E-state index is 12.0. The molecule has 2 rings (SSSR count). The van der Waals surface area contributed by atoms with Crippen molar-refractivity contribution < 1.29 is 9.59 Å². The van der Waals surface area contributed by atoms with Gasteiger partial charge in [0.25, 0.3) is 0 Å². The summed E-state index contributed by atoms with van der Waals surface area (Å²) in [5, 5.41) is 2.81. The Morgan fingerprint density at radius 2 is 2.27 bits per heavy atom. The van der Waals surface area contributed by atoms with Gasteiger partial charge >= 0.3 is 0 Å². The molecular formula is C11H18N2O2. The number of nitrogens with one attached hydrogen (secondary N) is 1. The second kappa shape index (κ2) is 4.21. The van der Waals surface area contributed by atoms with E-state index in [1.807, 2.05) is 6.92 Å². The average Bonchev–Trinajstić information content (AvgIpc) is 2.14. The Morgan fingerprint density at radius 1 is 1.53 bits per heavy atom. The molecule has 1 aliphatic heterocycles. The van der Waals surface area contributed by atoms with Crippen molar-refractivity contribution >= 4 is 11.8 Å². The summed E-state index contributed by atoms with van der Waals surface area (Å²) in [6.45, 7) is 3.24. The summed E-state index contributed by atoms with van der Waals surface area (Å²) in [5.41, 5.74) is 0. The van der Waals surface area contributed by atoms with Crippen molar-refractivity contribution in [2.45, 2.75) is 38.6 Å². The molecule has 1 unspecified atom stereocenters. The number of amides is 2. The molecule has 1 aliphatic carbocycles. The van der Waals surface area contributed by atoms with Gasteiger partial charge in [-0.15, -0.1) is 0 Å². The standard InChI is InChI=1S/C11H18N2O2/c1-2-9-10(14)12-6-7-13(9)11(15)8-4-3-5-8/h8-9H,2-7H2,1H3,(H,12,14). The van der Waals surface area contributed by atoms with Crippen LogP contribution in [0.2, 0.25) is 0 Å². The number of hydrogen-bond donors (Lipinski definition) is 1. The molecule has 0 aromatic heterocycles. The summed E-state index contributed by atoms with van der Waals surface area (Å²) < 4.78 is 0. The molecule has 0 radical (unpaired) electrons. The van der Waals surface area contributed by atoms with Gasteiger partial charge in [0, 0.05) is 19.0 Å². The van der Waals surface area contributed by atoms with Crippen LogP contribution in [0.4, 0.5) is 0 Å². The first-order valence-corrected chi connectivity index (χ1v) is 5.82. The van der Waals surface area contributed by atoms with E-state index in [2.05, 4.69) is 5.32 Å². The van der Waals surface area contributed by atoms with E-state index in [0.717, 1.165) is 19.3 Å².